The number of nitrogens with zero attached hydrogens (tertiary/aromatic N) is 1. The summed E-state index contributed by atoms with van der Waals surface area (Å²) in [5.41, 5.74) is 8.18. The van der Waals surface area contributed by atoms with E-state index in [2.05, 4.69) is 10.2 Å². The lowest BCUT2D eigenvalue weighted by Crippen LogP contribution is -2.36. The molecule has 1 aliphatic carbocycles. The second-order valence-corrected chi connectivity index (χ2v) is 6.30. The molecule has 1 aromatic heterocycles. The molecule has 20 heavy (non-hydrogen) atoms. The Bertz CT molecular complexity index is 505. The smallest absolute Gasteiger partial charge is 0.263 e. The fraction of sp³-hybridized carbons (Fsp3) is 0.643. The molecule has 2 heterocycles. The SMILES string of the molecule is CCNC(=O)c1sc(N2CCOCC2)c(C2CC2)c1N. The van der Waals surface area contributed by atoms with E-state index in [-0.39, 0.29) is 5.91 Å². The first-order valence-electron chi connectivity index (χ1n) is 7.25. The molecule has 1 aliphatic heterocycles. The second kappa shape index (κ2) is 5.61. The van der Waals surface area contributed by atoms with Gasteiger partial charge in [-0.2, -0.15) is 0 Å². The average Bonchev–Trinajstić information content (AvgIpc) is 3.23. The minimum absolute atomic E-state index is 0.0450. The van der Waals surface area contributed by atoms with Crippen LogP contribution in [0.4, 0.5) is 10.7 Å². The third-order valence-electron chi connectivity index (χ3n) is 3.79. The summed E-state index contributed by atoms with van der Waals surface area (Å²) in [5.74, 6) is 0.503. The van der Waals surface area contributed by atoms with Gasteiger partial charge in [-0.25, -0.2) is 0 Å². The molecule has 0 radical (unpaired) electrons. The van der Waals surface area contributed by atoms with Crippen LogP contribution >= 0.6 is 11.3 Å². The Balaban J connectivity index is 1.95. The molecule has 0 aromatic carbocycles. The van der Waals surface area contributed by atoms with Crippen LogP contribution in [0.25, 0.3) is 0 Å². The maximum Gasteiger partial charge on any atom is 0.263 e. The standard InChI is InChI=1S/C14H21N3O2S/c1-2-16-13(18)12-11(15)10(9-3-4-9)14(20-12)17-5-7-19-8-6-17/h9H,2-8,15H2,1H3,(H,16,18). The molecule has 0 unspecified atom stereocenters. The van der Waals surface area contributed by atoms with Gasteiger partial charge in [0.05, 0.1) is 23.9 Å². The summed E-state index contributed by atoms with van der Waals surface area (Å²) in [6.45, 7) is 5.81. The van der Waals surface area contributed by atoms with Crippen molar-refractivity contribution in [3.8, 4) is 0 Å². The zero-order valence-electron chi connectivity index (χ0n) is 11.8. The Morgan fingerprint density at radius 2 is 2.15 bits per heavy atom. The van der Waals surface area contributed by atoms with Crippen molar-refractivity contribution in [1.29, 1.82) is 0 Å². The van der Waals surface area contributed by atoms with Crippen molar-refractivity contribution in [2.24, 2.45) is 0 Å². The topological polar surface area (TPSA) is 67.6 Å². The van der Waals surface area contributed by atoms with E-state index < -0.39 is 0 Å². The number of thiophene rings is 1. The minimum atomic E-state index is -0.0450. The minimum Gasteiger partial charge on any atom is -0.397 e. The van der Waals surface area contributed by atoms with Crippen LogP contribution in [0.15, 0.2) is 0 Å². The normalized spacial score (nSPS) is 19.1. The quantitative estimate of drug-likeness (QED) is 0.889. The molecule has 0 atom stereocenters. The number of hydrogen-bond acceptors (Lipinski definition) is 5. The van der Waals surface area contributed by atoms with Crippen LogP contribution in [-0.4, -0.2) is 38.8 Å². The van der Waals surface area contributed by atoms with Crippen molar-refractivity contribution in [1.82, 2.24) is 5.32 Å². The average molecular weight is 295 g/mol. The van der Waals surface area contributed by atoms with Crippen LogP contribution in [0.5, 0.6) is 0 Å². The number of carbonyl (C=O) groups excluding carboxylic acids is 1. The fourth-order valence-electron chi connectivity index (χ4n) is 2.62. The molecular weight excluding hydrogens is 274 g/mol. The van der Waals surface area contributed by atoms with Gasteiger partial charge in [-0.3, -0.25) is 4.79 Å². The lowest BCUT2D eigenvalue weighted by atomic mass is 10.1. The number of nitrogens with one attached hydrogen (secondary N) is 1. The molecule has 1 saturated carbocycles. The van der Waals surface area contributed by atoms with Gasteiger partial charge in [0.25, 0.3) is 5.91 Å². The van der Waals surface area contributed by atoms with Gasteiger partial charge in [-0.05, 0) is 25.7 Å². The monoisotopic (exact) mass is 295 g/mol. The predicted octanol–water partition coefficient (Wildman–Crippen LogP) is 1.79. The molecule has 0 spiro atoms. The Kier molecular flexibility index (Phi) is 3.85. The summed E-state index contributed by atoms with van der Waals surface area (Å²) in [4.78, 5) is 15.1. The number of anilines is 2. The lowest BCUT2D eigenvalue weighted by molar-refractivity contribution is 0.0960. The Hall–Kier alpha value is -1.27. The molecule has 0 bridgehead atoms. The molecule has 6 heteroatoms. The van der Waals surface area contributed by atoms with Crippen molar-refractivity contribution in [2.45, 2.75) is 25.7 Å². The first kappa shape index (κ1) is 13.7. The molecule has 1 amide bonds. The Morgan fingerprint density at radius 3 is 2.75 bits per heavy atom. The molecule has 3 N–H and O–H groups in total. The molecule has 2 fully saturated rings. The zero-order chi connectivity index (χ0) is 14.1. The van der Waals surface area contributed by atoms with Crippen LogP contribution in [-0.2, 0) is 4.74 Å². The molecule has 5 nitrogen and oxygen atoms in total. The maximum absolute atomic E-state index is 12.1. The van der Waals surface area contributed by atoms with E-state index in [1.165, 1.54) is 23.4 Å². The van der Waals surface area contributed by atoms with E-state index in [4.69, 9.17) is 10.5 Å². The first-order valence-corrected chi connectivity index (χ1v) is 8.07. The van der Waals surface area contributed by atoms with Gasteiger partial charge in [-0.15, -0.1) is 11.3 Å². The molecule has 3 rings (SSSR count). The highest BCUT2D eigenvalue weighted by Gasteiger charge is 2.34. The third kappa shape index (κ3) is 2.50. The summed E-state index contributed by atoms with van der Waals surface area (Å²) in [6.07, 6.45) is 2.38. The van der Waals surface area contributed by atoms with E-state index in [1.807, 2.05) is 6.92 Å². The van der Waals surface area contributed by atoms with Crippen molar-refractivity contribution < 1.29 is 9.53 Å². The summed E-state index contributed by atoms with van der Waals surface area (Å²) < 4.78 is 5.41. The van der Waals surface area contributed by atoms with E-state index in [9.17, 15) is 4.79 Å². The van der Waals surface area contributed by atoms with Crippen LogP contribution in [0.3, 0.4) is 0 Å². The highest BCUT2D eigenvalue weighted by atomic mass is 32.1. The van der Waals surface area contributed by atoms with Gasteiger partial charge in [0.15, 0.2) is 0 Å². The number of amides is 1. The number of carbonyl (C=O) groups is 1. The largest absolute Gasteiger partial charge is 0.397 e. The zero-order valence-corrected chi connectivity index (χ0v) is 12.6. The summed E-state index contributed by atoms with van der Waals surface area (Å²) in [6, 6.07) is 0. The number of morpholine rings is 1. The fourth-order valence-corrected chi connectivity index (χ4v) is 3.90. The van der Waals surface area contributed by atoms with Crippen molar-refractivity contribution in [2.75, 3.05) is 43.5 Å². The third-order valence-corrected chi connectivity index (χ3v) is 5.07. The van der Waals surface area contributed by atoms with E-state index in [1.54, 1.807) is 11.3 Å². The molecule has 2 aliphatic rings. The van der Waals surface area contributed by atoms with Gasteiger partial charge < -0.3 is 20.7 Å². The highest BCUT2D eigenvalue weighted by Crippen LogP contribution is 2.52. The summed E-state index contributed by atoms with van der Waals surface area (Å²) in [5, 5.41) is 4.04. The molecule has 110 valence electrons. The lowest BCUT2D eigenvalue weighted by Gasteiger charge is -2.28. The van der Waals surface area contributed by atoms with E-state index >= 15 is 0 Å². The molecule has 1 saturated heterocycles. The maximum atomic E-state index is 12.1. The first-order chi connectivity index (χ1) is 9.72. The predicted molar refractivity (Wildman–Crippen MR) is 81.7 cm³/mol. The van der Waals surface area contributed by atoms with E-state index in [0.29, 0.717) is 23.0 Å². The Morgan fingerprint density at radius 1 is 1.45 bits per heavy atom. The van der Waals surface area contributed by atoms with Crippen LogP contribution in [0.1, 0.15) is 40.9 Å². The van der Waals surface area contributed by atoms with Crippen LogP contribution < -0.4 is 16.0 Å². The van der Waals surface area contributed by atoms with E-state index in [0.717, 1.165) is 26.3 Å². The van der Waals surface area contributed by atoms with Crippen LogP contribution in [0.2, 0.25) is 0 Å². The number of ether oxygens (including phenoxy) is 1. The second-order valence-electron chi connectivity index (χ2n) is 5.30. The molecular formula is C14H21N3O2S. The van der Waals surface area contributed by atoms with Gasteiger partial charge >= 0.3 is 0 Å². The Labute approximate surface area is 123 Å². The van der Waals surface area contributed by atoms with Gasteiger partial charge in [0, 0.05) is 25.2 Å². The van der Waals surface area contributed by atoms with Gasteiger partial charge in [0.2, 0.25) is 0 Å². The van der Waals surface area contributed by atoms with Crippen molar-refractivity contribution in [3.05, 3.63) is 10.4 Å². The summed E-state index contributed by atoms with van der Waals surface area (Å²) >= 11 is 1.54. The summed E-state index contributed by atoms with van der Waals surface area (Å²) in [7, 11) is 0. The van der Waals surface area contributed by atoms with Gasteiger partial charge in [-0.1, -0.05) is 0 Å². The highest BCUT2D eigenvalue weighted by molar-refractivity contribution is 7.18. The number of hydrogen-bond donors (Lipinski definition) is 2. The number of nitrogen functional groups attached to an aromatic ring is 1. The number of rotatable bonds is 4. The number of nitrogens with two attached hydrogens (primary N) is 1. The van der Waals surface area contributed by atoms with Crippen LogP contribution in [0, 0.1) is 0 Å². The van der Waals surface area contributed by atoms with Gasteiger partial charge in [0.1, 0.15) is 4.88 Å². The van der Waals surface area contributed by atoms with Crippen molar-refractivity contribution >= 4 is 27.9 Å². The molecule has 1 aromatic rings. The van der Waals surface area contributed by atoms with Crippen molar-refractivity contribution in [3.63, 3.8) is 0 Å².